The number of nitrogens with zero attached hydrogens (tertiary/aromatic N) is 3. The lowest BCUT2D eigenvalue weighted by molar-refractivity contribution is 0.120. The van der Waals surface area contributed by atoms with E-state index in [0.29, 0.717) is 6.10 Å². The van der Waals surface area contributed by atoms with Gasteiger partial charge in [-0.3, -0.25) is 0 Å². The molecule has 5 heteroatoms. The normalized spacial score (nSPS) is 24.1. The fraction of sp³-hybridized carbons (Fsp3) is 0.733. The topological polar surface area (TPSA) is 50.3 Å². The van der Waals surface area contributed by atoms with Crippen molar-refractivity contribution in [3.8, 4) is 0 Å². The van der Waals surface area contributed by atoms with Gasteiger partial charge < -0.3 is 15.0 Å². The van der Waals surface area contributed by atoms with E-state index in [-0.39, 0.29) is 0 Å². The molecule has 0 spiro atoms. The van der Waals surface area contributed by atoms with E-state index in [1.54, 1.807) is 0 Å². The van der Waals surface area contributed by atoms with E-state index in [2.05, 4.69) is 27.1 Å². The summed E-state index contributed by atoms with van der Waals surface area (Å²) >= 11 is 0. The van der Waals surface area contributed by atoms with Gasteiger partial charge in [0.1, 0.15) is 5.82 Å². The molecule has 5 nitrogen and oxygen atoms in total. The molecule has 0 aliphatic carbocycles. The molecule has 1 N–H and O–H groups in total. The van der Waals surface area contributed by atoms with E-state index in [1.165, 1.54) is 19.3 Å². The minimum Gasteiger partial charge on any atom is -0.376 e. The Balaban J connectivity index is 1.57. The molecule has 2 aliphatic rings. The van der Waals surface area contributed by atoms with Crippen LogP contribution in [0.4, 0.5) is 11.8 Å². The molecule has 2 aliphatic heterocycles. The molecular weight excluding hydrogens is 252 g/mol. The Bertz CT molecular complexity index is 426. The van der Waals surface area contributed by atoms with Crippen molar-refractivity contribution < 1.29 is 4.74 Å². The lowest BCUT2D eigenvalue weighted by atomic mass is 10.00. The number of hydrogen-bond donors (Lipinski definition) is 1. The third-order valence-electron chi connectivity index (χ3n) is 4.24. The van der Waals surface area contributed by atoms with Crippen molar-refractivity contribution in [2.45, 2.75) is 38.7 Å². The van der Waals surface area contributed by atoms with E-state index in [1.807, 2.05) is 12.3 Å². The number of aromatic nitrogens is 2. The van der Waals surface area contributed by atoms with Gasteiger partial charge in [-0.15, -0.1) is 0 Å². The number of rotatable bonds is 4. The van der Waals surface area contributed by atoms with E-state index in [9.17, 15) is 0 Å². The van der Waals surface area contributed by atoms with E-state index in [0.717, 1.165) is 50.3 Å². The summed E-state index contributed by atoms with van der Waals surface area (Å²) in [4.78, 5) is 11.3. The van der Waals surface area contributed by atoms with Crippen molar-refractivity contribution in [2.24, 2.45) is 5.92 Å². The van der Waals surface area contributed by atoms with Crippen molar-refractivity contribution in [3.63, 3.8) is 0 Å². The summed E-state index contributed by atoms with van der Waals surface area (Å²) in [6.07, 6.45) is 6.97. The van der Waals surface area contributed by atoms with Crippen LogP contribution in [-0.4, -0.2) is 42.3 Å². The summed E-state index contributed by atoms with van der Waals surface area (Å²) < 4.78 is 5.62. The maximum Gasteiger partial charge on any atom is 0.227 e. The second-order valence-corrected chi connectivity index (χ2v) is 5.93. The van der Waals surface area contributed by atoms with Gasteiger partial charge in [-0.05, 0) is 37.7 Å². The molecule has 1 atom stereocenters. The molecule has 2 fully saturated rings. The molecule has 2 saturated heterocycles. The number of anilines is 2. The quantitative estimate of drug-likeness (QED) is 0.914. The fourth-order valence-corrected chi connectivity index (χ4v) is 2.83. The Morgan fingerprint density at radius 2 is 2.20 bits per heavy atom. The second-order valence-electron chi connectivity index (χ2n) is 5.93. The Hall–Kier alpha value is -1.36. The average molecular weight is 276 g/mol. The maximum atomic E-state index is 5.62. The molecule has 0 amide bonds. The van der Waals surface area contributed by atoms with Gasteiger partial charge in [0, 0.05) is 32.4 Å². The molecule has 0 bridgehead atoms. The summed E-state index contributed by atoms with van der Waals surface area (Å²) in [5.41, 5.74) is 0. The summed E-state index contributed by atoms with van der Waals surface area (Å²) in [5.74, 6) is 2.59. The molecule has 0 saturated carbocycles. The van der Waals surface area contributed by atoms with Crippen molar-refractivity contribution in [2.75, 3.05) is 36.5 Å². The van der Waals surface area contributed by atoms with E-state index >= 15 is 0 Å². The minimum absolute atomic E-state index is 0.337. The van der Waals surface area contributed by atoms with Crippen molar-refractivity contribution in [3.05, 3.63) is 12.3 Å². The van der Waals surface area contributed by atoms with Crippen LogP contribution in [0, 0.1) is 5.92 Å². The van der Waals surface area contributed by atoms with E-state index in [4.69, 9.17) is 4.74 Å². The van der Waals surface area contributed by atoms with Crippen molar-refractivity contribution in [1.29, 1.82) is 0 Å². The molecule has 3 heterocycles. The average Bonchev–Trinajstić information content (AvgIpc) is 3.00. The monoisotopic (exact) mass is 276 g/mol. The van der Waals surface area contributed by atoms with Crippen LogP contribution >= 0.6 is 0 Å². The third-order valence-corrected chi connectivity index (χ3v) is 4.24. The molecule has 0 radical (unpaired) electrons. The lowest BCUT2D eigenvalue weighted by Crippen LogP contribution is -2.34. The van der Waals surface area contributed by atoms with Crippen LogP contribution in [0.5, 0.6) is 0 Å². The minimum atomic E-state index is 0.337. The van der Waals surface area contributed by atoms with Gasteiger partial charge in [-0.25, -0.2) is 4.98 Å². The number of ether oxygens (including phenoxy) is 1. The van der Waals surface area contributed by atoms with Crippen LogP contribution in [-0.2, 0) is 4.74 Å². The second kappa shape index (κ2) is 6.39. The van der Waals surface area contributed by atoms with Crippen molar-refractivity contribution >= 4 is 11.8 Å². The highest BCUT2D eigenvalue weighted by atomic mass is 16.5. The van der Waals surface area contributed by atoms with Crippen LogP contribution in [0.3, 0.4) is 0 Å². The summed E-state index contributed by atoms with van der Waals surface area (Å²) in [5, 5.41) is 3.37. The smallest absolute Gasteiger partial charge is 0.227 e. The number of nitrogens with one attached hydrogen (secondary N) is 1. The van der Waals surface area contributed by atoms with Gasteiger partial charge in [0.15, 0.2) is 0 Å². The van der Waals surface area contributed by atoms with Gasteiger partial charge in [0.25, 0.3) is 0 Å². The first-order valence-electron chi connectivity index (χ1n) is 7.75. The summed E-state index contributed by atoms with van der Waals surface area (Å²) in [7, 11) is 0. The predicted molar refractivity (Wildman–Crippen MR) is 80.1 cm³/mol. The molecule has 1 aromatic rings. The highest BCUT2D eigenvalue weighted by molar-refractivity contribution is 5.41. The first kappa shape index (κ1) is 13.6. The molecule has 3 rings (SSSR count). The largest absolute Gasteiger partial charge is 0.376 e. The molecule has 1 aromatic heterocycles. The maximum absolute atomic E-state index is 5.62. The zero-order valence-corrected chi connectivity index (χ0v) is 12.2. The lowest BCUT2D eigenvalue weighted by Gasteiger charge is -2.30. The fourth-order valence-electron chi connectivity index (χ4n) is 2.83. The van der Waals surface area contributed by atoms with Gasteiger partial charge >= 0.3 is 0 Å². The van der Waals surface area contributed by atoms with Crippen LogP contribution < -0.4 is 10.2 Å². The molecule has 20 heavy (non-hydrogen) atoms. The van der Waals surface area contributed by atoms with Crippen LogP contribution in [0.1, 0.15) is 32.6 Å². The van der Waals surface area contributed by atoms with Gasteiger partial charge in [-0.2, -0.15) is 4.98 Å². The van der Waals surface area contributed by atoms with Gasteiger partial charge in [-0.1, -0.05) is 6.92 Å². The third kappa shape index (κ3) is 3.39. The van der Waals surface area contributed by atoms with Gasteiger partial charge in [0.2, 0.25) is 5.95 Å². The molecular formula is C15H24N4O. The Kier molecular flexibility index (Phi) is 4.35. The predicted octanol–water partition coefficient (Wildman–Crippen LogP) is 2.30. The Morgan fingerprint density at radius 3 is 2.95 bits per heavy atom. The number of piperidine rings is 1. The summed E-state index contributed by atoms with van der Waals surface area (Å²) in [6, 6.07) is 1.94. The van der Waals surface area contributed by atoms with Gasteiger partial charge in [0.05, 0.1) is 6.10 Å². The first-order valence-corrected chi connectivity index (χ1v) is 7.75. The van der Waals surface area contributed by atoms with Crippen LogP contribution in [0.2, 0.25) is 0 Å². The zero-order chi connectivity index (χ0) is 13.8. The highest BCUT2D eigenvalue weighted by Crippen LogP contribution is 2.21. The van der Waals surface area contributed by atoms with Crippen LogP contribution in [0.25, 0.3) is 0 Å². The first-order chi connectivity index (χ1) is 9.81. The molecule has 0 aromatic carbocycles. The molecule has 1 unspecified atom stereocenters. The molecule has 110 valence electrons. The highest BCUT2D eigenvalue weighted by Gasteiger charge is 2.19. The Morgan fingerprint density at radius 1 is 1.35 bits per heavy atom. The summed E-state index contributed by atoms with van der Waals surface area (Å²) in [6.45, 7) is 6.19. The Labute approximate surface area is 120 Å². The SMILES string of the molecule is CC1CCN(c2nccc(NCC3CCCO3)n2)CC1. The number of hydrogen-bond acceptors (Lipinski definition) is 5. The van der Waals surface area contributed by atoms with E-state index < -0.39 is 0 Å². The van der Waals surface area contributed by atoms with Crippen molar-refractivity contribution in [1.82, 2.24) is 9.97 Å². The standard InChI is InChI=1S/C15H24N4O/c1-12-5-8-19(9-6-12)15-16-7-4-14(18-15)17-11-13-3-2-10-20-13/h4,7,12-13H,2-3,5-6,8-11H2,1H3,(H,16,17,18). The zero-order valence-electron chi connectivity index (χ0n) is 12.2. The van der Waals surface area contributed by atoms with Crippen LogP contribution in [0.15, 0.2) is 12.3 Å².